The third kappa shape index (κ3) is 1.60. The van der Waals surface area contributed by atoms with Crippen LogP contribution in [0.15, 0.2) is 30.4 Å². The zero-order chi connectivity index (χ0) is 11.9. The molecular formula is C17H21N. The minimum atomic E-state index is 0.696. The molecule has 3 unspecified atom stereocenters. The average Bonchev–Trinajstić information content (AvgIpc) is 2.77. The van der Waals surface area contributed by atoms with Gasteiger partial charge in [-0.2, -0.15) is 0 Å². The Balaban J connectivity index is 1.56. The lowest BCUT2D eigenvalue weighted by molar-refractivity contribution is 0.218. The Kier molecular flexibility index (Phi) is 2.46. The number of benzene rings is 1. The Morgan fingerprint density at radius 1 is 1.11 bits per heavy atom. The van der Waals surface area contributed by atoms with Crippen LogP contribution in [0.4, 0.5) is 5.69 Å². The van der Waals surface area contributed by atoms with Crippen molar-refractivity contribution in [2.75, 3.05) is 5.32 Å². The van der Waals surface area contributed by atoms with Gasteiger partial charge in [0, 0.05) is 17.6 Å². The second-order valence-corrected chi connectivity index (χ2v) is 6.14. The van der Waals surface area contributed by atoms with Crippen LogP contribution in [0.5, 0.6) is 0 Å². The van der Waals surface area contributed by atoms with Gasteiger partial charge in [-0.15, -0.1) is 0 Å². The second-order valence-electron chi connectivity index (χ2n) is 6.14. The van der Waals surface area contributed by atoms with Crippen LogP contribution in [0.1, 0.15) is 36.8 Å². The summed E-state index contributed by atoms with van der Waals surface area (Å²) in [4.78, 5) is 0. The summed E-state index contributed by atoms with van der Waals surface area (Å²) in [5, 5.41) is 3.83. The maximum atomic E-state index is 3.83. The molecule has 3 aliphatic carbocycles. The van der Waals surface area contributed by atoms with Crippen molar-refractivity contribution in [3.05, 3.63) is 41.5 Å². The Hall–Kier alpha value is -1.24. The summed E-state index contributed by atoms with van der Waals surface area (Å²) in [5.74, 6) is 1.76. The molecule has 0 radical (unpaired) electrons. The zero-order valence-corrected chi connectivity index (χ0v) is 10.9. The van der Waals surface area contributed by atoms with Gasteiger partial charge in [-0.05, 0) is 61.6 Å². The van der Waals surface area contributed by atoms with Crippen molar-refractivity contribution in [3.8, 4) is 0 Å². The average molecular weight is 239 g/mol. The van der Waals surface area contributed by atoms with Gasteiger partial charge in [0.1, 0.15) is 0 Å². The van der Waals surface area contributed by atoms with Gasteiger partial charge < -0.3 is 5.32 Å². The van der Waals surface area contributed by atoms with E-state index in [9.17, 15) is 0 Å². The fourth-order valence-electron chi connectivity index (χ4n) is 4.00. The molecule has 3 aliphatic rings. The Bertz CT molecular complexity index is 488. The van der Waals surface area contributed by atoms with E-state index in [0.717, 1.165) is 11.8 Å². The number of aryl methyl sites for hydroxylation is 1. The number of allylic oxidation sites excluding steroid dienone is 1. The smallest absolute Gasteiger partial charge is 0.0377 e. The van der Waals surface area contributed by atoms with Crippen LogP contribution in [0.2, 0.25) is 0 Å². The maximum Gasteiger partial charge on any atom is 0.0377 e. The molecule has 0 heterocycles. The van der Waals surface area contributed by atoms with Crippen LogP contribution in [0.25, 0.3) is 0 Å². The lowest BCUT2D eigenvalue weighted by atomic mass is 9.71. The van der Waals surface area contributed by atoms with E-state index in [-0.39, 0.29) is 0 Å². The fourth-order valence-corrected chi connectivity index (χ4v) is 4.00. The molecule has 1 N–H and O–H groups in total. The minimum absolute atomic E-state index is 0.696. The molecule has 0 amide bonds. The summed E-state index contributed by atoms with van der Waals surface area (Å²) in [6, 6.07) is 7.53. The highest BCUT2D eigenvalue weighted by atomic mass is 15.0. The highest BCUT2D eigenvalue weighted by Gasteiger charge is 2.41. The standard InChI is InChI=1S/C17H21N/c1-2-8-14-12(5-1)6-4-10-16(14)18-17-11-13-7-3-9-15(13)17/h3-4,6,9-10,13,15,17-18H,1-2,5,7-8,11H2. The second kappa shape index (κ2) is 4.15. The molecule has 1 saturated carbocycles. The topological polar surface area (TPSA) is 12.0 Å². The van der Waals surface area contributed by atoms with E-state index in [1.54, 1.807) is 11.1 Å². The van der Waals surface area contributed by atoms with Crippen LogP contribution in [-0.2, 0) is 12.8 Å². The van der Waals surface area contributed by atoms with Crippen molar-refractivity contribution in [2.45, 2.75) is 44.6 Å². The monoisotopic (exact) mass is 239 g/mol. The summed E-state index contributed by atoms with van der Waals surface area (Å²) >= 11 is 0. The van der Waals surface area contributed by atoms with E-state index in [2.05, 4.69) is 35.7 Å². The molecule has 3 atom stereocenters. The van der Waals surface area contributed by atoms with E-state index >= 15 is 0 Å². The summed E-state index contributed by atoms with van der Waals surface area (Å²) in [6.07, 6.45) is 12.8. The van der Waals surface area contributed by atoms with Gasteiger partial charge in [0.25, 0.3) is 0 Å². The molecule has 0 saturated heterocycles. The van der Waals surface area contributed by atoms with Crippen molar-refractivity contribution in [1.29, 1.82) is 0 Å². The van der Waals surface area contributed by atoms with Crippen LogP contribution in [0, 0.1) is 11.8 Å². The molecule has 1 aromatic rings. The molecule has 1 fully saturated rings. The molecule has 1 heteroatoms. The van der Waals surface area contributed by atoms with Gasteiger partial charge in [0.2, 0.25) is 0 Å². The molecule has 4 rings (SSSR count). The van der Waals surface area contributed by atoms with Crippen LogP contribution in [0.3, 0.4) is 0 Å². The number of anilines is 1. The molecule has 1 aromatic carbocycles. The van der Waals surface area contributed by atoms with Gasteiger partial charge in [0.05, 0.1) is 0 Å². The first-order valence-electron chi connectivity index (χ1n) is 7.46. The lowest BCUT2D eigenvalue weighted by Gasteiger charge is -2.41. The van der Waals surface area contributed by atoms with Gasteiger partial charge in [0.15, 0.2) is 0 Å². The molecule has 18 heavy (non-hydrogen) atoms. The Morgan fingerprint density at radius 2 is 2.06 bits per heavy atom. The molecule has 0 aliphatic heterocycles. The molecule has 0 aromatic heterocycles. The third-order valence-electron chi connectivity index (χ3n) is 5.10. The SMILES string of the molecule is C1=CC2C(C1)CC2Nc1cccc2c1CCCC2. The van der Waals surface area contributed by atoms with Gasteiger partial charge in [-0.25, -0.2) is 0 Å². The van der Waals surface area contributed by atoms with E-state index < -0.39 is 0 Å². The highest BCUT2D eigenvalue weighted by Crippen LogP contribution is 2.44. The van der Waals surface area contributed by atoms with Crippen molar-refractivity contribution in [1.82, 2.24) is 0 Å². The molecule has 0 spiro atoms. The predicted molar refractivity (Wildman–Crippen MR) is 75.8 cm³/mol. The van der Waals surface area contributed by atoms with E-state index in [4.69, 9.17) is 0 Å². The number of hydrogen-bond acceptors (Lipinski definition) is 1. The van der Waals surface area contributed by atoms with Gasteiger partial charge >= 0.3 is 0 Å². The van der Waals surface area contributed by atoms with Crippen LogP contribution >= 0.6 is 0 Å². The van der Waals surface area contributed by atoms with Gasteiger partial charge in [-0.3, -0.25) is 0 Å². The first-order chi connectivity index (χ1) is 8.92. The number of rotatable bonds is 2. The first-order valence-corrected chi connectivity index (χ1v) is 7.46. The molecule has 0 bridgehead atoms. The highest BCUT2D eigenvalue weighted by molar-refractivity contribution is 5.56. The summed E-state index contributed by atoms with van der Waals surface area (Å²) in [5.41, 5.74) is 4.62. The molecule has 1 nitrogen and oxygen atoms in total. The summed E-state index contributed by atoms with van der Waals surface area (Å²) in [7, 11) is 0. The lowest BCUT2D eigenvalue weighted by Crippen LogP contribution is -2.43. The largest absolute Gasteiger partial charge is 0.381 e. The van der Waals surface area contributed by atoms with E-state index in [1.165, 1.54) is 44.2 Å². The molecule has 94 valence electrons. The normalized spacial score (nSPS) is 32.6. The van der Waals surface area contributed by atoms with Crippen molar-refractivity contribution in [3.63, 3.8) is 0 Å². The van der Waals surface area contributed by atoms with E-state index in [0.29, 0.717) is 6.04 Å². The summed E-state index contributed by atoms with van der Waals surface area (Å²) in [6.45, 7) is 0. The van der Waals surface area contributed by atoms with Crippen molar-refractivity contribution in [2.24, 2.45) is 11.8 Å². The first kappa shape index (κ1) is 10.7. The Morgan fingerprint density at radius 3 is 3.00 bits per heavy atom. The van der Waals surface area contributed by atoms with Crippen molar-refractivity contribution < 1.29 is 0 Å². The number of fused-ring (bicyclic) bond motifs is 2. The number of nitrogens with one attached hydrogen (secondary N) is 1. The van der Waals surface area contributed by atoms with Gasteiger partial charge in [-0.1, -0.05) is 24.3 Å². The van der Waals surface area contributed by atoms with E-state index in [1.807, 2.05) is 0 Å². The zero-order valence-electron chi connectivity index (χ0n) is 10.9. The fraction of sp³-hybridized carbons (Fsp3) is 0.529. The predicted octanol–water partition coefficient (Wildman–Crippen LogP) is 3.94. The summed E-state index contributed by atoms with van der Waals surface area (Å²) < 4.78 is 0. The maximum absolute atomic E-state index is 3.83. The molecular weight excluding hydrogens is 218 g/mol. The third-order valence-corrected chi connectivity index (χ3v) is 5.10. The quantitative estimate of drug-likeness (QED) is 0.771. The minimum Gasteiger partial charge on any atom is -0.381 e. The Labute approximate surface area is 109 Å². The van der Waals surface area contributed by atoms with Crippen LogP contribution < -0.4 is 5.32 Å². The van der Waals surface area contributed by atoms with Crippen molar-refractivity contribution >= 4 is 5.69 Å². The number of hydrogen-bond donors (Lipinski definition) is 1. The van der Waals surface area contributed by atoms with Crippen LogP contribution in [-0.4, -0.2) is 6.04 Å².